The molecule has 1 aromatic carbocycles. The minimum absolute atomic E-state index is 0.142. The van der Waals surface area contributed by atoms with Crippen LogP contribution in [0.3, 0.4) is 0 Å². The van der Waals surface area contributed by atoms with Gasteiger partial charge in [-0.3, -0.25) is 0 Å². The van der Waals surface area contributed by atoms with Crippen LogP contribution in [0.15, 0.2) is 36.5 Å². The molecule has 23 heavy (non-hydrogen) atoms. The number of hydrogen-bond donors (Lipinski definition) is 2. The van der Waals surface area contributed by atoms with Gasteiger partial charge < -0.3 is 10.6 Å². The average molecular weight is 324 g/mol. The van der Waals surface area contributed by atoms with Crippen LogP contribution in [0.25, 0.3) is 0 Å². The average Bonchev–Trinajstić information content (AvgIpc) is 2.99. The van der Waals surface area contributed by atoms with Crippen LogP contribution >= 0.6 is 0 Å². The monoisotopic (exact) mass is 324 g/mol. The predicted molar refractivity (Wildman–Crippen MR) is 82.1 cm³/mol. The Morgan fingerprint density at radius 2 is 2.22 bits per heavy atom. The molecule has 1 aliphatic heterocycles. The number of halogens is 3. The molecule has 0 aliphatic carbocycles. The lowest BCUT2D eigenvalue weighted by atomic mass is 10.0. The number of aromatic nitrogens is 2. The third kappa shape index (κ3) is 3.67. The van der Waals surface area contributed by atoms with Crippen LogP contribution in [0.5, 0.6) is 0 Å². The van der Waals surface area contributed by atoms with Crippen molar-refractivity contribution in [3.8, 4) is 0 Å². The summed E-state index contributed by atoms with van der Waals surface area (Å²) in [5.74, 6) is 1.35. The molecule has 3 rings (SSSR count). The number of alkyl halides is 3. The number of nitrogens with zero attached hydrogens (tertiary/aromatic N) is 2. The third-order valence-electron chi connectivity index (χ3n) is 4.15. The molecule has 2 N–H and O–H groups in total. The highest BCUT2D eigenvalue weighted by Crippen LogP contribution is 2.30. The van der Waals surface area contributed by atoms with Crippen molar-refractivity contribution in [2.45, 2.75) is 25.7 Å². The first-order valence-electron chi connectivity index (χ1n) is 7.59. The number of nitrogens with one attached hydrogen (secondary N) is 2. The molecule has 2 unspecified atom stereocenters. The summed E-state index contributed by atoms with van der Waals surface area (Å²) in [6.07, 6.45) is -2.55. The summed E-state index contributed by atoms with van der Waals surface area (Å²) >= 11 is 0. The molecule has 0 saturated heterocycles. The summed E-state index contributed by atoms with van der Waals surface area (Å²) in [7, 11) is 0. The van der Waals surface area contributed by atoms with Gasteiger partial charge in [0.05, 0.1) is 11.8 Å². The molecule has 0 spiro atoms. The zero-order valence-electron chi connectivity index (χ0n) is 12.8. The number of hydrogen-bond acceptors (Lipinski definition) is 3. The summed E-state index contributed by atoms with van der Waals surface area (Å²) in [6.45, 7) is 4.22. The molecule has 2 atom stereocenters. The van der Waals surface area contributed by atoms with Gasteiger partial charge in [0.15, 0.2) is 0 Å². The molecule has 2 heterocycles. The van der Waals surface area contributed by atoms with Crippen LogP contribution < -0.4 is 10.6 Å². The minimum atomic E-state index is -4.31. The lowest BCUT2D eigenvalue weighted by Crippen LogP contribution is -2.36. The highest BCUT2D eigenvalue weighted by molar-refractivity contribution is 5.35. The molecule has 0 saturated carbocycles. The maximum atomic E-state index is 12.8. The van der Waals surface area contributed by atoms with E-state index in [1.807, 2.05) is 17.7 Å². The van der Waals surface area contributed by atoms with E-state index in [4.69, 9.17) is 0 Å². The van der Waals surface area contributed by atoms with Gasteiger partial charge in [0, 0.05) is 37.7 Å². The van der Waals surface area contributed by atoms with E-state index in [1.54, 1.807) is 12.3 Å². The molecule has 0 fully saturated rings. The second-order valence-electron chi connectivity index (χ2n) is 5.90. The zero-order valence-corrected chi connectivity index (χ0v) is 12.8. The first-order valence-corrected chi connectivity index (χ1v) is 7.59. The summed E-state index contributed by atoms with van der Waals surface area (Å²) < 4.78 is 40.2. The van der Waals surface area contributed by atoms with E-state index < -0.39 is 11.7 Å². The van der Waals surface area contributed by atoms with Gasteiger partial charge in [-0.25, -0.2) is 4.68 Å². The lowest BCUT2D eigenvalue weighted by Gasteiger charge is -2.26. The number of rotatable bonds is 4. The van der Waals surface area contributed by atoms with Gasteiger partial charge in [0.1, 0.15) is 5.82 Å². The SMILES string of the molecule is CC(NCC1CNc2ccnn2C1)c1cccc(C(F)(F)F)c1. The summed E-state index contributed by atoms with van der Waals surface area (Å²) in [4.78, 5) is 0. The maximum Gasteiger partial charge on any atom is 0.416 e. The normalized spacial score (nSPS) is 19.0. The van der Waals surface area contributed by atoms with Crippen molar-refractivity contribution in [2.24, 2.45) is 5.92 Å². The van der Waals surface area contributed by atoms with E-state index >= 15 is 0 Å². The number of fused-ring (bicyclic) bond motifs is 1. The second kappa shape index (κ2) is 6.23. The molecule has 7 heteroatoms. The van der Waals surface area contributed by atoms with Crippen molar-refractivity contribution in [2.75, 3.05) is 18.4 Å². The van der Waals surface area contributed by atoms with Crippen molar-refractivity contribution >= 4 is 5.82 Å². The highest BCUT2D eigenvalue weighted by Gasteiger charge is 2.30. The van der Waals surface area contributed by atoms with Gasteiger partial charge in [-0.15, -0.1) is 0 Å². The molecule has 1 aromatic heterocycles. The van der Waals surface area contributed by atoms with E-state index in [1.165, 1.54) is 12.1 Å². The topological polar surface area (TPSA) is 41.9 Å². The smallest absolute Gasteiger partial charge is 0.370 e. The molecule has 0 bridgehead atoms. The quantitative estimate of drug-likeness (QED) is 0.907. The summed E-state index contributed by atoms with van der Waals surface area (Å²) in [6, 6.07) is 7.26. The predicted octanol–water partition coefficient (Wildman–Crippen LogP) is 3.29. The van der Waals surface area contributed by atoms with Crippen molar-refractivity contribution in [3.05, 3.63) is 47.7 Å². The van der Waals surface area contributed by atoms with Crippen molar-refractivity contribution in [1.82, 2.24) is 15.1 Å². The Balaban J connectivity index is 1.59. The maximum absolute atomic E-state index is 12.8. The molecule has 2 aromatic rings. The zero-order chi connectivity index (χ0) is 16.4. The lowest BCUT2D eigenvalue weighted by molar-refractivity contribution is -0.137. The fourth-order valence-corrected chi connectivity index (χ4v) is 2.77. The molecule has 1 aliphatic rings. The van der Waals surface area contributed by atoms with Gasteiger partial charge in [-0.1, -0.05) is 12.1 Å². The van der Waals surface area contributed by atoms with Crippen LogP contribution in [0, 0.1) is 5.92 Å². The fourth-order valence-electron chi connectivity index (χ4n) is 2.77. The summed E-state index contributed by atoms with van der Waals surface area (Å²) in [5.41, 5.74) is 0.0348. The Morgan fingerprint density at radius 1 is 1.39 bits per heavy atom. The molecule has 0 amide bonds. The summed E-state index contributed by atoms with van der Waals surface area (Å²) in [5, 5.41) is 10.9. The fraction of sp³-hybridized carbons (Fsp3) is 0.438. The van der Waals surface area contributed by atoms with Crippen LogP contribution in [-0.4, -0.2) is 22.9 Å². The molecular weight excluding hydrogens is 305 g/mol. The van der Waals surface area contributed by atoms with Gasteiger partial charge >= 0.3 is 6.18 Å². The van der Waals surface area contributed by atoms with Crippen molar-refractivity contribution in [1.29, 1.82) is 0 Å². The second-order valence-corrected chi connectivity index (χ2v) is 5.90. The van der Waals surface area contributed by atoms with Gasteiger partial charge in [0.2, 0.25) is 0 Å². The Kier molecular flexibility index (Phi) is 4.30. The third-order valence-corrected chi connectivity index (χ3v) is 4.15. The van der Waals surface area contributed by atoms with E-state index in [0.717, 1.165) is 25.0 Å². The molecule has 4 nitrogen and oxygen atoms in total. The van der Waals surface area contributed by atoms with Crippen LogP contribution in [0.4, 0.5) is 19.0 Å². The Labute approximate surface area is 132 Å². The molecular formula is C16H19F3N4. The largest absolute Gasteiger partial charge is 0.416 e. The van der Waals surface area contributed by atoms with E-state index in [-0.39, 0.29) is 6.04 Å². The Morgan fingerprint density at radius 3 is 3.00 bits per heavy atom. The first-order chi connectivity index (χ1) is 10.9. The van der Waals surface area contributed by atoms with Crippen LogP contribution in [-0.2, 0) is 12.7 Å². The van der Waals surface area contributed by atoms with Crippen LogP contribution in [0.1, 0.15) is 24.1 Å². The first kappa shape index (κ1) is 15.9. The van der Waals surface area contributed by atoms with Gasteiger partial charge in [0.25, 0.3) is 0 Å². The van der Waals surface area contributed by atoms with E-state index in [0.29, 0.717) is 18.0 Å². The number of anilines is 1. The molecule has 0 radical (unpaired) electrons. The Hall–Kier alpha value is -2.02. The minimum Gasteiger partial charge on any atom is -0.370 e. The Bertz CT molecular complexity index is 665. The van der Waals surface area contributed by atoms with Gasteiger partial charge in [-0.2, -0.15) is 18.3 Å². The van der Waals surface area contributed by atoms with Crippen molar-refractivity contribution in [3.63, 3.8) is 0 Å². The highest BCUT2D eigenvalue weighted by atomic mass is 19.4. The van der Waals surface area contributed by atoms with E-state index in [2.05, 4.69) is 15.7 Å². The molecule has 124 valence electrons. The van der Waals surface area contributed by atoms with Crippen LogP contribution in [0.2, 0.25) is 0 Å². The van der Waals surface area contributed by atoms with E-state index in [9.17, 15) is 13.2 Å². The standard InChI is InChI=1S/C16H19F3N4/c1-11(13-3-2-4-14(7-13)16(17,18)19)20-8-12-9-21-15-5-6-22-23(15)10-12/h2-7,11-12,20-21H,8-10H2,1H3. The van der Waals surface area contributed by atoms with Crippen molar-refractivity contribution < 1.29 is 13.2 Å². The van der Waals surface area contributed by atoms with Gasteiger partial charge in [-0.05, 0) is 24.6 Å². The number of benzene rings is 1.